The third-order valence-corrected chi connectivity index (χ3v) is 2.28. The molecule has 0 unspecified atom stereocenters. The van der Waals surface area contributed by atoms with Gasteiger partial charge in [-0.1, -0.05) is 18.2 Å². The zero-order chi connectivity index (χ0) is 9.90. The van der Waals surface area contributed by atoms with E-state index < -0.39 is 5.60 Å². The zero-order valence-corrected chi connectivity index (χ0v) is 7.88. The lowest BCUT2D eigenvalue weighted by atomic mass is 9.95. The molecular weight excluding hydrogens is 169 g/mol. The highest BCUT2D eigenvalue weighted by molar-refractivity contribution is 5.24. The molecule has 0 aromatic heterocycles. The maximum Gasteiger partial charge on any atom is 0.129 e. The molecule has 0 saturated heterocycles. The van der Waals surface area contributed by atoms with Crippen LogP contribution in [0.15, 0.2) is 24.3 Å². The maximum absolute atomic E-state index is 13.3. The smallest absolute Gasteiger partial charge is 0.129 e. The lowest BCUT2D eigenvalue weighted by Crippen LogP contribution is -2.34. The van der Waals surface area contributed by atoms with E-state index in [1.165, 1.54) is 13.2 Å². The second kappa shape index (κ2) is 3.85. The van der Waals surface area contributed by atoms with E-state index in [4.69, 9.17) is 10.5 Å². The van der Waals surface area contributed by atoms with Crippen molar-refractivity contribution >= 4 is 0 Å². The molecule has 0 amide bonds. The normalized spacial score (nSPS) is 15.4. The lowest BCUT2D eigenvalue weighted by molar-refractivity contribution is 0.00717. The third kappa shape index (κ3) is 1.87. The Morgan fingerprint density at radius 2 is 2.08 bits per heavy atom. The van der Waals surface area contributed by atoms with E-state index in [9.17, 15) is 4.39 Å². The average molecular weight is 183 g/mol. The fourth-order valence-corrected chi connectivity index (χ4v) is 1.19. The molecule has 0 radical (unpaired) electrons. The van der Waals surface area contributed by atoms with Gasteiger partial charge in [0.1, 0.15) is 11.4 Å². The number of halogens is 1. The Hall–Kier alpha value is -0.930. The summed E-state index contributed by atoms with van der Waals surface area (Å²) in [5.74, 6) is -0.280. The first-order valence-corrected chi connectivity index (χ1v) is 4.14. The number of hydrogen-bond acceptors (Lipinski definition) is 2. The Morgan fingerprint density at radius 1 is 1.46 bits per heavy atom. The van der Waals surface area contributed by atoms with Crippen LogP contribution in [0.5, 0.6) is 0 Å². The molecule has 1 aromatic rings. The van der Waals surface area contributed by atoms with Crippen LogP contribution in [0.2, 0.25) is 0 Å². The predicted octanol–water partition coefficient (Wildman–Crippen LogP) is 1.65. The SMILES string of the molecule is CO[C@@](C)(CN)c1ccccc1F. The van der Waals surface area contributed by atoms with Crippen molar-refractivity contribution in [1.82, 2.24) is 0 Å². The van der Waals surface area contributed by atoms with Gasteiger partial charge in [-0.2, -0.15) is 0 Å². The molecule has 13 heavy (non-hydrogen) atoms. The van der Waals surface area contributed by atoms with Gasteiger partial charge in [0.25, 0.3) is 0 Å². The fraction of sp³-hybridized carbons (Fsp3) is 0.400. The molecule has 1 aromatic carbocycles. The molecule has 0 heterocycles. The molecule has 0 aliphatic rings. The van der Waals surface area contributed by atoms with Crippen LogP contribution in [0, 0.1) is 5.82 Å². The number of methoxy groups -OCH3 is 1. The number of benzene rings is 1. The minimum Gasteiger partial charge on any atom is -0.372 e. The van der Waals surface area contributed by atoms with E-state index in [0.29, 0.717) is 5.56 Å². The van der Waals surface area contributed by atoms with Gasteiger partial charge in [-0.25, -0.2) is 4.39 Å². The van der Waals surface area contributed by atoms with Gasteiger partial charge < -0.3 is 10.5 Å². The molecule has 1 atom stereocenters. The number of nitrogens with two attached hydrogens (primary N) is 1. The number of rotatable bonds is 3. The van der Waals surface area contributed by atoms with Gasteiger partial charge in [-0.05, 0) is 13.0 Å². The van der Waals surface area contributed by atoms with Crippen molar-refractivity contribution in [3.63, 3.8) is 0 Å². The summed E-state index contributed by atoms with van der Waals surface area (Å²) < 4.78 is 18.5. The minimum absolute atomic E-state index is 0.254. The van der Waals surface area contributed by atoms with E-state index >= 15 is 0 Å². The predicted molar refractivity (Wildman–Crippen MR) is 49.8 cm³/mol. The van der Waals surface area contributed by atoms with Crippen LogP contribution in [0.1, 0.15) is 12.5 Å². The molecule has 3 heteroatoms. The van der Waals surface area contributed by atoms with E-state index in [-0.39, 0.29) is 12.4 Å². The summed E-state index contributed by atoms with van der Waals surface area (Å²) in [5, 5.41) is 0. The average Bonchev–Trinajstić information content (AvgIpc) is 2.17. The summed E-state index contributed by atoms with van der Waals surface area (Å²) >= 11 is 0. The lowest BCUT2D eigenvalue weighted by Gasteiger charge is -2.27. The van der Waals surface area contributed by atoms with Gasteiger partial charge >= 0.3 is 0 Å². The molecule has 0 saturated carbocycles. The summed E-state index contributed by atoms with van der Waals surface area (Å²) in [4.78, 5) is 0. The van der Waals surface area contributed by atoms with E-state index in [0.717, 1.165) is 0 Å². The van der Waals surface area contributed by atoms with E-state index in [2.05, 4.69) is 0 Å². The van der Waals surface area contributed by atoms with Crippen LogP contribution in [0.3, 0.4) is 0 Å². The summed E-state index contributed by atoms with van der Waals surface area (Å²) in [6.07, 6.45) is 0. The molecule has 0 fully saturated rings. The summed E-state index contributed by atoms with van der Waals surface area (Å²) in [7, 11) is 1.53. The fourth-order valence-electron chi connectivity index (χ4n) is 1.19. The molecule has 2 N–H and O–H groups in total. The quantitative estimate of drug-likeness (QED) is 0.773. The Bertz CT molecular complexity index is 284. The Morgan fingerprint density at radius 3 is 2.54 bits per heavy atom. The van der Waals surface area contributed by atoms with Gasteiger partial charge in [0, 0.05) is 19.2 Å². The van der Waals surface area contributed by atoms with Crippen molar-refractivity contribution in [3.8, 4) is 0 Å². The topological polar surface area (TPSA) is 35.2 Å². The van der Waals surface area contributed by atoms with Crippen molar-refractivity contribution in [3.05, 3.63) is 35.6 Å². The maximum atomic E-state index is 13.3. The molecule has 0 aliphatic carbocycles. The van der Waals surface area contributed by atoms with Crippen molar-refractivity contribution in [2.45, 2.75) is 12.5 Å². The molecule has 2 nitrogen and oxygen atoms in total. The molecule has 1 rings (SSSR count). The highest BCUT2D eigenvalue weighted by Gasteiger charge is 2.26. The Kier molecular flexibility index (Phi) is 3.01. The van der Waals surface area contributed by atoms with Crippen molar-refractivity contribution < 1.29 is 9.13 Å². The van der Waals surface area contributed by atoms with Gasteiger partial charge in [-0.15, -0.1) is 0 Å². The molecular formula is C10H14FNO. The molecule has 72 valence electrons. The first-order valence-electron chi connectivity index (χ1n) is 4.14. The van der Waals surface area contributed by atoms with Crippen LogP contribution in [-0.2, 0) is 10.3 Å². The number of hydrogen-bond donors (Lipinski definition) is 1. The van der Waals surface area contributed by atoms with Crippen LogP contribution in [0.25, 0.3) is 0 Å². The van der Waals surface area contributed by atoms with Gasteiger partial charge in [-0.3, -0.25) is 0 Å². The molecule has 0 bridgehead atoms. The second-order valence-corrected chi connectivity index (χ2v) is 3.12. The first kappa shape index (κ1) is 10.2. The standard InChI is InChI=1S/C10H14FNO/c1-10(7-12,13-2)8-5-3-4-6-9(8)11/h3-6H,7,12H2,1-2H3/t10-/m0/s1. The van der Waals surface area contributed by atoms with Crippen molar-refractivity contribution in [2.24, 2.45) is 5.73 Å². The van der Waals surface area contributed by atoms with E-state index in [1.54, 1.807) is 25.1 Å². The monoisotopic (exact) mass is 183 g/mol. The largest absolute Gasteiger partial charge is 0.372 e. The van der Waals surface area contributed by atoms with Gasteiger partial charge in [0.05, 0.1) is 0 Å². The van der Waals surface area contributed by atoms with Gasteiger partial charge in [0.2, 0.25) is 0 Å². The minimum atomic E-state index is -0.731. The van der Waals surface area contributed by atoms with Crippen LogP contribution in [0.4, 0.5) is 4.39 Å². The van der Waals surface area contributed by atoms with Crippen LogP contribution >= 0.6 is 0 Å². The van der Waals surface area contributed by atoms with Crippen molar-refractivity contribution in [1.29, 1.82) is 0 Å². The summed E-state index contributed by atoms with van der Waals surface area (Å²) in [6.45, 7) is 2.02. The van der Waals surface area contributed by atoms with Crippen LogP contribution in [-0.4, -0.2) is 13.7 Å². The molecule has 0 aliphatic heterocycles. The summed E-state index contributed by atoms with van der Waals surface area (Å²) in [6, 6.07) is 6.50. The first-order chi connectivity index (χ1) is 6.14. The van der Waals surface area contributed by atoms with Crippen LogP contribution < -0.4 is 5.73 Å². The number of ether oxygens (including phenoxy) is 1. The van der Waals surface area contributed by atoms with Gasteiger partial charge in [0.15, 0.2) is 0 Å². The summed E-state index contributed by atoms with van der Waals surface area (Å²) in [5.41, 5.74) is 5.30. The second-order valence-electron chi connectivity index (χ2n) is 3.12. The zero-order valence-electron chi connectivity index (χ0n) is 7.88. The molecule has 0 spiro atoms. The highest BCUT2D eigenvalue weighted by Crippen LogP contribution is 2.25. The van der Waals surface area contributed by atoms with E-state index in [1.807, 2.05) is 0 Å². The van der Waals surface area contributed by atoms with Crippen molar-refractivity contribution in [2.75, 3.05) is 13.7 Å². The Balaban J connectivity index is 3.12. The highest BCUT2D eigenvalue weighted by atomic mass is 19.1. The third-order valence-electron chi connectivity index (χ3n) is 2.28. The Labute approximate surface area is 77.5 Å².